The third-order valence-electron chi connectivity index (χ3n) is 2.33. The van der Waals surface area contributed by atoms with Gasteiger partial charge >= 0.3 is 0 Å². The van der Waals surface area contributed by atoms with Crippen molar-refractivity contribution in [2.24, 2.45) is 0 Å². The van der Waals surface area contributed by atoms with E-state index in [0.29, 0.717) is 0 Å². The molecule has 13 heavy (non-hydrogen) atoms. The largest absolute Gasteiger partial charge is 0.395 e. The number of hydrogen-bond acceptors (Lipinski definition) is 6. The molecule has 0 aromatic carbocycles. The Kier molecular flexibility index (Phi) is 3.60. The summed E-state index contributed by atoms with van der Waals surface area (Å²) in [5.41, 5.74) is 0. The van der Waals surface area contributed by atoms with Gasteiger partial charge in [-0.25, -0.2) is 0 Å². The molecule has 1 saturated heterocycles. The van der Waals surface area contributed by atoms with Crippen molar-refractivity contribution in [3.63, 3.8) is 0 Å². The van der Waals surface area contributed by atoms with Crippen LogP contribution in [0.4, 0.5) is 0 Å². The lowest BCUT2D eigenvalue weighted by molar-refractivity contribution is -0.0150. The third kappa shape index (κ3) is 1.98. The Morgan fingerprint density at radius 1 is 1.15 bits per heavy atom. The van der Waals surface area contributed by atoms with Gasteiger partial charge in [-0.3, -0.25) is 0 Å². The molecule has 1 rings (SSSR count). The zero-order valence-electron chi connectivity index (χ0n) is 7.04. The Morgan fingerprint density at radius 3 is 2.15 bits per heavy atom. The molecule has 6 N–H and O–H groups in total. The molecule has 6 nitrogen and oxygen atoms in total. The Bertz CT molecular complexity index is 167. The van der Waals surface area contributed by atoms with E-state index in [0.717, 1.165) is 0 Å². The van der Waals surface area contributed by atoms with Crippen LogP contribution in [0.3, 0.4) is 0 Å². The van der Waals surface area contributed by atoms with Gasteiger partial charge in [0.05, 0.1) is 43.6 Å². The van der Waals surface area contributed by atoms with Crippen LogP contribution >= 0.6 is 0 Å². The Morgan fingerprint density at radius 2 is 1.77 bits per heavy atom. The molecule has 1 aliphatic heterocycles. The Labute approximate surface area is 75.4 Å². The molecule has 5 atom stereocenters. The van der Waals surface area contributed by atoms with Crippen LogP contribution < -0.4 is 5.32 Å². The van der Waals surface area contributed by atoms with Crippen LogP contribution in [0, 0.1) is 0 Å². The van der Waals surface area contributed by atoms with Crippen molar-refractivity contribution in [1.29, 1.82) is 0 Å². The minimum Gasteiger partial charge on any atom is -0.395 e. The highest BCUT2D eigenvalue weighted by molar-refractivity contribution is 5.00. The maximum absolute atomic E-state index is 9.37. The molecule has 0 amide bonds. The quantitative estimate of drug-likeness (QED) is 0.276. The number of aliphatic hydroxyl groups is 5. The van der Waals surface area contributed by atoms with Crippen LogP contribution in [0.5, 0.6) is 0 Å². The second kappa shape index (κ2) is 4.32. The van der Waals surface area contributed by atoms with Gasteiger partial charge in [0, 0.05) is 0 Å². The first-order chi connectivity index (χ1) is 6.11. The number of rotatable bonds is 3. The summed E-state index contributed by atoms with van der Waals surface area (Å²) in [6.07, 6.45) is -3.42. The predicted octanol–water partition coefficient (Wildman–Crippen LogP) is -3.61. The van der Waals surface area contributed by atoms with E-state index in [-0.39, 0.29) is 6.61 Å². The summed E-state index contributed by atoms with van der Waals surface area (Å²) in [6.45, 7) is -0.827. The van der Waals surface area contributed by atoms with Gasteiger partial charge in [0.15, 0.2) is 0 Å². The zero-order valence-corrected chi connectivity index (χ0v) is 7.04. The summed E-state index contributed by atoms with van der Waals surface area (Å²) in [4.78, 5) is 0. The minimum atomic E-state index is -1.17. The van der Waals surface area contributed by atoms with Crippen LogP contribution in [0.25, 0.3) is 0 Å². The lowest BCUT2D eigenvalue weighted by Gasteiger charge is -2.19. The maximum Gasteiger partial charge on any atom is 0.0994 e. The van der Waals surface area contributed by atoms with E-state index in [1.54, 1.807) is 0 Å². The number of aliphatic hydroxyl groups excluding tert-OH is 5. The molecule has 78 valence electrons. The van der Waals surface area contributed by atoms with Gasteiger partial charge in [0.2, 0.25) is 0 Å². The van der Waals surface area contributed by atoms with Crippen LogP contribution in [0.2, 0.25) is 0 Å². The first kappa shape index (κ1) is 10.8. The highest BCUT2D eigenvalue weighted by Gasteiger charge is 2.43. The average Bonchev–Trinajstić information content (AvgIpc) is 2.43. The first-order valence-corrected chi connectivity index (χ1v) is 4.13. The summed E-state index contributed by atoms with van der Waals surface area (Å²) in [6, 6.07) is -1.45. The van der Waals surface area contributed by atoms with E-state index in [2.05, 4.69) is 5.32 Å². The molecule has 0 aromatic rings. The predicted molar refractivity (Wildman–Crippen MR) is 42.9 cm³/mol. The average molecular weight is 193 g/mol. The summed E-state index contributed by atoms with van der Waals surface area (Å²) in [7, 11) is 0. The highest BCUT2D eigenvalue weighted by Crippen LogP contribution is 2.16. The van der Waals surface area contributed by atoms with Crippen molar-refractivity contribution in [3.05, 3.63) is 0 Å². The van der Waals surface area contributed by atoms with Crippen LogP contribution in [0.1, 0.15) is 0 Å². The fraction of sp³-hybridized carbons (Fsp3) is 1.00. The van der Waals surface area contributed by atoms with Gasteiger partial charge in [0.25, 0.3) is 0 Å². The zero-order chi connectivity index (χ0) is 10.0. The van der Waals surface area contributed by atoms with Gasteiger partial charge in [-0.2, -0.15) is 0 Å². The van der Waals surface area contributed by atoms with Crippen molar-refractivity contribution in [3.8, 4) is 0 Å². The molecule has 0 spiro atoms. The second-order valence-electron chi connectivity index (χ2n) is 3.21. The molecule has 0 bridgehead atoms. The molecule has 0 saturated carbocycles. The van der Waals surface area contributed by atoms with Crippen molar-refractivity contribution in [2.75, 3.05) is 13.2 Å². The van der Waals surface area contributed by atoms with E-state index >= 15 is 0 Å². The summed E-state index contributed by atoms with van der Waals surface area (Å²) in [5, 5.41) is 47.9. The van der Waals surface area contributed by atoms with Gasteiger partial charge in [-0.05, 0) is 0 Å². The topological polar surface area (TPSA) is 113 Å². The van der Waals surface area contributed by atoms with Crippen LogP contribution in [0.15, 0.2) is 0 Å². The molecule has 0 unspecified atom stereocenters. The van der Waals surface area contributed by atoms with E-state index in [9.17, 15) is 15.3 Å². The van der Waals surface area contributed by atoms with Gasteiger partial charge in [-0.15, -0.1) is 0 Å². The number of hydrogen-bond donors (Lipinski definition) is 6. The lowest BCUT2D eigenvalue weighted by Crippen LogP contribution is -2.45. The summed E-state index contributed by atoms with van der Waals surface area (Å²) in [5.74, 6) is 0. The van der Waals surface area contributed by atoms with Crippen molar-refractivity contribution < 1.29 is 25.5 Å². The summed E-state index contributed by atoms with van der Waals surface area (Å²) >= 11 is 0. The van der Waals surface area contributed by atoms with Gasteiger partial charge in [-0.1, -0.05) is 0 Å². The van der Waals surface area contributed by atoms with Gasteiger partial charge < -0.3 is 30.8 Å². The minimum absolute atomic E-state index is 0.327. The standard InChI is InChI=1S/C7H15NO5/c9-1-3-6(12)7(13)5(8-3)4(11)2-10/h3-13H,1-2H2/t3-,4+,5+,6+,7-/m0/s1. The number of nitrogens with one attached hydrogen (secondary N) is 1. The van der Waals surface area contributed by atoms with E-state index in [1.807, 2.05) is 0 Å². The molecular formula is C7H15NO5. The maximum atomic E-state index is 9.37. The van der Waals surface area contributed by atoms with Crippen LogP contribution in [-0.2, 0) is 0 Å². The fourth-order valence-corrected chi connectivity index (χ4v) is 1.51. The molecular weight excluding hydrogens is 178 g/mol. The highest BCUT2D eigenvalue weighted by atomic mass is 16.3. The Hall–Kier alpha value is -0.240. The van der Waals surface area contributed by atoms with E-state index in [4.69, 9.17) is 10.2 Å². The third-order valence-corrected chi connectivity index (χ3v) is 2.33. The molecule has 6 heteroatoms. The molecule has 1 fully saturated rings. The fourth-order valence-electron chi connectivity index (χ4n) is 1.51. The van der Waals surface area contributed by atoms with E-state index in [1.165, 1.54) is 0 Å². The molecule has 0 aromatic heterocycles. The van der Waals surface area contributed by atoms with E-state index < -0.39 is 37.0 Å². The van der Waals surface area contributed by atoms with Crippen molar-refractivity contribution >= 4 is 0 Å². The molecule has 1 heterocycles. The SMILES string of the molecule is OC[C@@H](O)[C@H]1N[C@@H](CO)[C@@H](O)[C@H]1O. The van der Waals surface area contributed by atoms with Crippen molar-refractivity contribution in [2.45, 2.75) is 30.4 Å². The lowest BCUT2D eigenvalue weighted by atomic mass is 10.0. The Balaban J connectivity index is 2.60. The second-order valence-corrected chi connectivity index (χ2v) is 3.21. The van der Waals surface area contributed by atoms with Gasteiger partial charge in [0.1, 0.15) is 0 Å². The molecule has 0 radical (unpaired) electrons. The normalized spacial score (nSPS) is 42.2. The van der Waals surface area contributed by atoms with Crippen molar-refractivity contribution in [1.82, 2.24) is 5.32 Å². The smallest absolute Gasteiger partial charge is 0.0994 e. The monoisotopic (exact) mass is 193 g/mol. The molecule has 0 aliphatic carbocycles. The summed E-state index contributed by atoms with van der Waals surface area (Å²) < 4.78 is 0. The van der Waals surface area contributed by atoms with Crippen LogP contribution in [-0.4, -0.2) is 69.1 Å². The first-order valence-electron chi connectivity index (χ1n) is 4.13. The molecule has 1 aliphatic rings.